The summed E-state index contributed by atoms with van der Waals surface area (Å²) < 4.78 is 4.76. The average Bonchev–Trinajstić information content (AvgIpc) is 2.46. The van der Waals surface area contributed by atoms with E-state index in [1.54, 1.807) is 6.07 Å². The van der Waals surface area contributed by atoms with Crippen LogP contribution in [0.15, 0.2) is 24.3 Å². The average molecular weight is 263 g/mol. The summed E-state index contributed by atoms with van der Waals surface area (Å²) in [5, 5.41) is 0. The van der Waals surface area contributed by atoms with Crippen LogP contribution < -0.4 is 10.6 Å². The molecule has 1 unspecified atom stereocenters. The fraction of sp³-hybridized carbons (Fsp3) is 0.500. The van der Waals surface area contributed by atoms with E-state index >= 15 is 0 Å². The van der Waals surface area contributed by atoms with Crippen molar-refractivity contribution in [3.05, 3.63) is 29.8 Å². The van der Waals surface area contributed by atoms with Gasteiger partial charge in [-0.25, -0.2) is 4.79 Å². The first-order valence-corrected chi connectivity index (χ1v) is 6.49. The molecule has 1 heterocycles. The summed E-state index contributed by atoms with van der Waals surface area (Å²) in [5.41, 5.74) is 7.47. The smallest absolute Gasteiger partial charge is 0.337 e. The van der Waals surface area contributed by atoms with Crippen LogP contribution in [0.3, 0.4) is 0 Å². The maximum atomic E-state index is 11.6. The van der Waals surface area contributed by atoms with Gasteiger partial charge < -0.3 is 20.3 Å². The van der Waals surface area contributed by atoms with Crippen LogP contribution in [-0.4, -0.2) is 57.2 Å². The van der Waals surface area contributed by atoms with Crippen LogP contribution >= 0.6 is 0 Å². The van der Waals surface area contributed by atoms with Gasteiger partial charge in [-0.2, -0.15) is 0 Å². The Bertz CT molecular complexity index is 450. The van der Waals surface area contributed by atoms with Crippen LogP contribution in [0.5, 0.6) is 0 Å². The maximum Gasteiger partial charge on any atom is 0.337 e. The van der Waals surface area contributed by atoms with Crippen molar-refractivity contribution in [2.75, 3.05) is 45.2 Å². The van der Waals surface area contributed by atoms with Gasteiger partial charge in [0.05, 0.1) is 18.7 Å². The third-order valence-corrected chi connectivity index (χ3v) is 3.56. The zero-order valence-corrected chi connectivity index (χ0v) is 11.5. The molecule has 19 heavy (non-hydrogen) atoms. The standard InChI is InChI=1S/C14H21N3O2/c1-16-6-7-17(13(9-15)10-16)12-5-3-4-11(8-12)14(18)19-2/h3-5,8,13H,6-7,9-10,15H2,1-2H3. The molecule has 1 aliphatic heterocycles. The third-order valence-electron chi connectivity index (χ3n) is 3.56. The second-order valence-electron chi connectivity index (χ2n) is 4.89. The largest absolute Gasteiger partial charge is 0.465 e. The number of likely N-dealkylation sites (N-methyl/N-ethyl adjacent to an activating group) is 1. The van der Waals surface area contributed by atoms with Crippen molar-refractivity contribution in [2.45, 2.75) is 6.04 Å². The second-order valence-corrected chi connectivity index (χ2v) is 4.89. The first-order chi connectivity index (χ1) is 9.15. The fourth-order valence-corrected chi connectivity index (χ4v) is 2.48. The number of piperazine rings is 1. The molecule has 0 saturated carbocycles. The number of nitrogens with zero attached hydrogens (tertiary/aromatic N) is 2. The molecule has 5 heteroatoms. The minimum absolute atomic E-state index is 0.284. The number of rotatable bonds is 3. The van der Waals surface area contributed by atoms with Gasteiger partial charge in [0.1, 0.15) is 0 Å². The Morgan fingerprint density at radius 2 is 2.26 bits per heavy atom. The molecule has 1 fully saturated rings. The van der Waals surface area contributed by atoms with Crippen LogP contribution in [0.2, 0.25) is 0 Å². The number of nitrogens with two attached hydrogens (primary N) is 1. The molecular formula is C14H21N3O2. The highest BCUT2D eigenvalue weighted by Crippen LogP contribution is 2.21. The summed E-state index contributed by atoms with van der Waals surface area (Å²) in [5.74, 6) is -0.305. The zero-order chi connectivity index (χ0) is 13.8. The lowest BCUT2D eigenvalue weighted by atomic mass is 10.1. The number of anilines is 1. The Morgan fingerprint density at radius 3 is 2.95 bits per heavy atom. The van der Waals surface area contributed by atoms with Gasteiger partial charge in [-0.05, 0) is 25.2 Å². The molecule has 104 valence electrons. The van der Waals surface area contributed by atoms with E-state index in [1.807, 2.05) is 18.2 Å². The lowest BCUT2D eigenvalue weighted by Crippen LogP contribution is -2.55. The lowest BCUT2D eigenvalue weighted by molar-refractivity contribution is 0.0600. The molecular weight excluding hydrogens is 242 g/mol. The quantitative estimate of drug-likeness (QED) is 0.807. The van der Waals surface area contributed by atoms with Crippen LogP contribution in [0.4, 0.5) is 5.69 Å². The van der Waals surface area contributed by atoms with E-state index in [9.17, 15) is 4.79 Å². The van der Waals surface area contributed by atoms with Gasteiger partial charge in [-0.1, -0.05) is 6.07 Å². The Morgan fingerprint density at radius 1 is 1.47 bits per heavy atom. The van der Waals surface area contributed by atoms with Gasteiger partial charge >= 0.3 is 5.97 Å². The third kappa shape index (κ3) is 3.05. The highest BCUT2D eigenvalue weighted by molar-refractivity contribution is 5.90. The number of hydrogen-bond donors (Lipinski definition) is 1. The van der Waals surface area contributed by atoms with E-state index in [4.69, 9.17) is 10.5 Å². The number of esters is 1. The maximum absolute atomic E-state index is 11.6. The van der Waals surface area contributed by atoms with Gasteiger partial charge in [0, 0.05) is 31.9 Å². The first kappa shape index (κ1) is 13.8. The Balaban J connectivity index is 2.23. The zero-order valence-electron chi connectivity index (χ0n) is 11.5. The summed E-state index contributed by atoms with van der Waals surface area (Å²) in [6, 6.07) is 7.82. The van der Waals surface area contributed by atoms with Crippen LogP contribution in [0, 0.1) is 0 Å². The minimum Gasteiger partial charge on any atom is -0.465 e. The molecule has 2 rings (SSSR count). The fourth-order valence-electron chi connectivity index (χ4n) is 2.48. The summed E-state index contributed by atoms with van der Waals surface area (Å²) in [6.07, 6.45) is 0. The van der Waals surface area contributed by atoms with Crippen LogP contribution in [-0.2, 0) is 4.74 Å². The topological polar surface area (TPSA) is 58.8 Å². The second kappa shape index (κ2) is 6.04. The molecule has 5 nitrogen and oxygen atoms in total. The van der Waals surface area contributed by atoms with Crippen molar-refractivity contribution >= 4 is 11.7 Å². The number of carbonyl (C=O) groups excluding carboxylic acids is 1. The van der Waals surface area contributed by atoms with Crippen LogP contribution in [0.1, 0.15) is 10.4 Å². The van der Waals surface area contributed by atoms with Gasteiger partial charge in [0.25, 0.3) is 0 Å². The Kier molecular flexibility index (Phi) is 4.39. The lowest BCUT2D eigenvalue weighted by Gasteiger charge is -2.41. The summed E-state index contributed by atoms with van der Waals surface area (Å²) in [6.45, 7) is 3.47. The van der Waals surface area contributed by atoms with Crippen molar-refractivity contribution in [1.29, 1.82) is 0 Å². The Hall–Kier alpha value is -1.59. The number of ether oxygens (including phenoxy) is 1. The molecule has 0 radical (unpaired) electrons. The van der Waals surface area contributed by atoms with Gasteiger partial charge in [-0.3, -0.25) is 0 Å². The van der Waals surface area contributed by atoms with Gasteiger partial charge in [0.2, 0.25) is 0 Å². The van der Waals surface area contributed by atoms with Gasteiger partial charge in [0.15, 0.2) is 0 Å². The SMILES string of the molecule is COC(=O)c1cccc(N2CCN(C)CC2CN)c1. The first-order valence-electron chi connectivity index (χ1n) is 6.49. The minimum atomic E-state index is -0.305. The molecule has 0 amide bonds. The highest BCUT2D eigenvalue weighted by atomic mass is 16.5. The summed E-state index contributed by atoms with van der Waals surface area (Å²) in [4.78, 5) is 16.1. The molecule has 1 aliphatic rings. The molecule has 0 aromatic heterocycles. The molecule has 0 aliphatic carbocycles. The van der Waals surface area contributed by atoms with Crippen molar-refractivity contribution in [1.82, 2.24) is 4.90 Å². The van der Waals surface area contributed by atoms with Crippen molar-refractivity contribution in [2.24, 2.45) is 5.73 Å². The van der Waals surface area contributed by atoms with E-state index < -0.39 is 0 Å². The predicted molar refractivity (Wildman–Crippen MR) is 75.5 cm³/mol. The molecule has 0 bridgehead atoms. The molecule has 1 atom stereocenters. The molecule has 1 saturated heterocycles. The normalized spacial score (nSPS) is 20.4. The van der Waals surface area contributed by atoms with Crippen LogP contribution in [0.25, 0.3) is 0 Å². The van der Waals surface area contributed by atoms with E-state index in [0.717, 1.165) is 25.3 Å². The van der Waals surface area contributed by atoms with E-state index in [1.165, 1.54) is 7.11 Å². The highest BCUT2D eigenvalue weighted by Gasteiger charge is 2.24. The molecule has 0 spiro atoms. The number of hydrogen-bond acceptors (Lipinski definition) is 5. The number of benzene rings is 1. The van der Waals surface area contributed by atoms with E-state index in [2.05, 4.69) is 16.8 Å². The molecule has 2 N–H and O–H groups in total. The summed E-state index contributed by atoms with van der Waals surface area (Å²) in [7, 11) is 3.50. The predicted octanol–water partition coefficient (Wildman–Crippen LogP) is 0.552. The molecule has 1 aromatic rings. The number of carbonyl (C=O) groups is 1. The Labute approximate surface area is 113 Å². The van der Waals surface area contributed by atoms with E-state index in [-0.39, 0.29) is 12.0 Å². The van der Waals surface area contributed by atoms with Crippen molar-refractivity contribution in [3.8, 4) is 0 Å². The number of methoxy groups -OCH3 is 1. The van der Waals surface area contributed by atoms with Gasteiger partial charge in [-0.15, -0.1) is 0 Å². The van der Waals surface area contributed by atoms with Crippen molar-refractivity contribution in [3.63, 3.8) is 0 Å². The molecule has 1 aromatic carbocycles. The monoisotopic (exact) mass is 263 g/mol. The van der Waals surface area contributed by atoms with Crippen molar-refractivity contribution < 1.29 is 9.53 Å². The summed E-state index contributed by atoms with van der Waals surface area (Å²) >= 11 is 0. The van der Waals surface area contributed by atoms with E-state index in [0.29, 0.717) is 12.1 Å².